The van der Waals surface area contributed by atoms with Crippen molar-refractivity contribution in [3.8, 4) is 0 Å². The molecule has 0 aliphatic rings. The van der Waals surface area contributed by atoms with E-state index in [1.54, 1.807) is 0 Å². The first-order valence-corrected chi connectivity index (χ1v) is 20.4. The van der Waals surface area contributed by atoms with Crippen molar-refractivity contribution in [2.24, 2.45) is 0 Å². The van der Waals surface area contributed by atoms with E-state index in [2.05, 4.69) is 55.6 Å². The number of nitrogens with one attached hydrogen (secondary N) is 1. The quantitative estimate of drug-likeness (QED) is 0.0335. The zero-order valence-electron chi connectivity index (χ0n) is 31.5. The monoisotopic (exact) mass is 678 g/mol. The highest BCUT2D eigenvalue weighted by Crippen LogP contribution is 2.15. The maximum absolute atomic E-state index is 12.4. The molecule has 4 atom stereocenters. The second kappa shape index (κ2) is 36.8. The minimum Gasteiger partial charge on any atom is -0.394 e. The third kappa shape index (κ3) is 30.6. The fourth-order valence-corrected chi connectivity index (χ4v) is 6.03. The summed E-state index contributed by atoms with van der Waals surface area (Å²) in [6, 6.07) is -0.999. The number of carbonyl (C=O) groups excluding carboxylic acids is 1. The van der Waals surface area contributed by atoms with Crippen molar-refractivity contribution in [1.82, 2.24) is 5.32 Å². The molecule has 0 heterocycles. The van der Waals surface area contributed by atoms with Gasteiger partial charge in [-0.25, -0.2) is 0 Å². The van der Waals surface area contributed by atoms with Gasteiger partial charge < -0.3 is 25.7 Å². The highest BCUT2D eigenvalue weighted by Gasteiger charge is 2.28. The van der Waals surface area contributed by atoms with Gasteiger partial charge in [0.1, 0.15) is 12.2 Å². The van der Waals surface area contributed by atoms with Crippen molar-refractivity contribution < 1.29 is 25.2 Å². The van der Waals surface area contributed by atoms with Gasteiger partial charge in [-0.15, -0.1) is 0 Å². The average Bonchev–Trinajstić information content (AvgIpc) is 3.09. The molecule has 1 amide bonds. The number of carbonyl (C=O) groups is 1. The van der Waals surface area contributed by atoms with Crippen molar-refractivity contribution in [2.75, 3.05) is 6.61 Å². The third-order valence-electron chi connectivity index (χ3n) is 9.30. The molecule has 0 saturated carbocycles. The molecule has 0 aromatic rings. The second-order valence-corrected chi connectivity index (χ2v) is 14.0. The van der Waals surface area contributed by atoms with Crippen LogP contribution in [0.2, 0.25) is 0 Å². The fourth-order valence-electron chi connectivity index (χ4n) is 6.03. The van der Waals surface area contributed by atoms with Crippen molar-refractivity contribution in [1.29, 1.82) is 0 Å². The zero-order valence-corrected chi connectivity index (χ0v) is 31.5. The van der Waals surface area contributed by atoms with Gasteiger partial charge in [0, 0.05) is 0 Å². The van der Waals surface area contributed by atoms with Crippen LogP contribution in [0, 0.1) is 0 Å². The van der Waals surface area contributed by atoms with Gasteiger partial charge in [0.15, 0.2) is 0 Å². The minimum atomic E-state index is -1.28. The molecule has 0 aromatic heterocycles. The van der Waals surface area contributed by atoms with Crippen LogP contribution < -0.4 is 5.32 Å². The molecule has 5 N–H and O–H groups in total. The number of hydrogen-bond acceptors (Lipinski definition) is 5. The van der Waals surface area contributed by atoms with Gasteiger partial charge in [-0.3, -0.25) is 4.79 Å². The molecule has 0 aromatic carbocycles. The Bertz CT molecular complexity index is 767. The summed E-state index contributed by atoms with van der Waals surface area (Å²) in [4.78, 5) is 12.4. The van der Waals surface area contributed by atoms with Crippen molar-refractivity contribution in [3.05, 3.63) is 36.5 Å². The smallest absolute Gasteiger partial charge is 0.249 e. The molecule has 6 nitrogen and oxygen atoms in total. The van der Waals surface area contributed by atoms with Crippen LogP contribution in [0.3, 0.4) is 0 Å². The van der Waals surface area contributed by atoms with E-state index >= 15 is 0 Å². The standard InChI is InChI=1S/C42H79NO5/c1-3-5-7-9-11-12-13-14-15-16-17-18-19-20-21-22-23-24-25-26-27-28-29-30-32-34-36-40(46)42(48)43-38(37-44)41(47)39(45)35-33-31-10-8-6-4-2/h8,10,17-18,20-21,38-41,44-47H,3-7,9,11-16,19,22-37H2,1-2H3,(H,43,48)/b10-8+,18-17-,21-20-. The maximum Gasteiger partial charge on any atom is 0.249 e. The highest BCUT2D eigenvalue weighted by atomic mass is 16.3. The summed E-state index contributed by atoms with van der Waals surface area (Å²) in [5.74, 6) is -0.602. The molecule has 282 valence electrons. The molecule has 0 bridgehead atoms. The van der Waals surface area contributed by atoms with Crippen molar-refractivity contribution in [2.45, 2.75) is 218 Å². The molecule has 0 fully saturated rings. The number of hydrogen-bond donors (Lipinski definition) is 5. The molecule has 4 unspecified atom stereocenters. The van der Waals surface area contributed by atoms with Gasteiger partial charge in [0.25, 0.3) is 0 Å². The Morgan fingerprint density at radius 1 is 0.521 bits per heavy atom. The maximum atomic E-state index is 12.4. The molecule has 6 heteroatoms. The normalized spacial score (nSPS) is 14.7. The Kier molecular flexibility index (Phi) is 35.7. The zero-order chi connectivity index (χ0) is 35.3. The van der Waals surface area contributed by atoms with E-state index in [4.69, 9.17) is 0 Å². The minimum absolute atomic E-state index is 0.358. The third-order valence-corrected chi connectivity index (χ3v) is 9.30. The van der Waals surface area contributed by atoms with Crippen LogP contribution in [0.5, 0.6) is 0 Å². The molecule has 0 saturated heterocycles. The molecule has 0 aliphatic carbocycles. The Labute approximate surface area is 297 Å². The SMILES string of the molecule is CCC/C=C/CCCC(O)C(O)C(CO)NC(=O)C(O)CCCCCCCCCCCC/C=C\C/C=C\CCCCCCCCCCC. The van der Waals surface area contributed by atoms with Gasteiger partial charge >= 0.3 is 0 Å². The van der Waals surface area contributed by atoms with E-state index in [0.29, 0.717) is 19.3 Å². The van der Waals surface area contributed by atoms with E-state index in [1.165, 1.54) is 116 Å². The predicted molar refractivity (Wildman–Crippen MR) is 205 cm³/mol. The van der Waals surface area contributed by atoms with Crippen LogP contribution in [0.1, 0.15) is 194 Å². The van der Waals surface area contributed by atoms with Gasteiger partial charge in [-0.1, -0.05) is 166 Å². The summed E-state index contributed by atoms with van der Waals surface area (Å²) in [5.41, 5.74) is 0. The molecular formula is C42H79NO5. The number of aliphatic hydroxyl groups is 4. The average molecular weight is 678 g/mol. The van der Waals surface area contributed by atoms with Gasteiger partial charge in [0.2, 0.25) is 5.91 Å². The van der Waals surface area contributed by atoms with E-state index in [-0.39, 0.29) is 0 Å². The summed E-state index contributed by atoms with van der Waals surface area (Å²) in [7, 11) is 0. The van der Waals surface area contributed by atoms with E-state index in [9.17, 15) is 25.2 Å². The number of allylic oxidation sites excluding steroid dienone is 6. The van der Waals surface area contributed by atoms with Crippen molar-refractivity contribution in [3.63, 3.8) is 0 Å². The second-order valence-electron chi connectivity index (χ2n) is 14.0. The highest BCUT2D eigenvalue weighted by molar-refractivity contribution is 5.80. The molecule has 48 heavy (non-hydrogen) atoms. The lowest BCUT2D eigenvalue weighted by Crippen LogP contribution is -2.53. The van der Waals surface area contributed by atoms with Crippen LogP contribution in [-0.4, -0.2) is 57.3 Å². The number of amides is 1. The van der Waals surface area contributed by atoms with Crippen LogP contribution >= 0.6 is 0 Å². The van der Waals surface area contributed by atoms with Crippen molar-refractivity contribution >= 4 is 5.91 Å². The Morgan fingerprint density at radius 2 is 0.958 bits per heavy atom. The van der Waals surface area contributed by atoms with Crippen LogP contribution in [0.25, 0.3) is 0 Å². The molecule has 0 rings (SSSR count). The topological polar surface area (TPSA) is 110 Å². The lowest BCUT2D eigenvalue weighted by atomic mass is 10.00. The molecular weight excluding hydrogens is 598 g/mol. The van der Waals surface area contributed by atoms with Crippen LogP contribution in [0.15, 0.2) is 36.5 Å². The first-order valence-electron chi connectivity index (χ1n) is 20.4. The Balaban J connectivity index is 3.64. The van der Waals surface area contributed by atoms with Gasteiger partial charge in [-0.05, 0) is 64.2 Å². The summed E-state index contributed by atoms with van der Waals surface area (Å²) in [6.07, 6.45) is 42.2. The Morgan fingerprint density at radius 3 is 1.46 bits per heavy atom. The van der Waals surface area contributed by atoms with Crippen LogP contribution in [-0.2, 0) is 4.79 Å². The number of aliphatic hydroxyl groups excluding tert-OH is 4. The largest absolute Gasteiger partial charge is 0.394 e. The fraction of sp³-hybridized carbons (Fsp3) is 0.833. The first kappa shape index (κ1) is 46.5. The van der Waals surface area contributed by atoms with E-state index in [0.717, 1.165) is 44.9 Å². The summed E-state index contributed by atoms with van der Waals surface area (Å²) < 4.78 is 0. The van der Waals surface area contributed by atoms with E-state index in [1.807, 2.05) is 0 Å². The lowest BCUT2D eigenvalue weighted by molar-refractivity contribution is -0.132. The first-order chi connectivity index (χ1) is 23.5. The molecule has 0 spiro atoms. The summed E-state index contributed by atoms with van der Waals surface area (Å²) in [5, 5.41) is 43.1. The molecule has 0 aliphatic heterocycles. The lowest BCUT2D eigenvalue weighted by Gasteiger charge is -2.27. The van der Waals surface area contributed by atoms with Crippen LogP contribution in [0.4, 0.5) is 0 Å². The van der Waals surface area contributed by atoms with E-state index < -0.39 is 36.9 Å². The van der Waals surface area contributed by atoms with Gasteiger partial charge in [-0.2, -0.15) is 0 Å². The number of unbranched alkanes of at least 4 members (excludes halogenated alkanes) is 21. The Hall–Kier alpha value is -1.47. The number of rotatable bonds is 36. The summed E-state index contributed by atoms with van der Waals surface area (Å²) in [6.45, 7) is 3.90. The summed E-state index contributed by atoms with van der Waals surface area (Å²) >= 11 is 0. The van der Waals surface area contributed by atoms with Gasteiger partial charge in [0.05, 0.1) is 18.8 Å². The predicted octanol–water partition coefficient (Wildman–Crippen LogP) is 10.2. The molecule has 0 radical (unpaired) electrons.